The maximum absolute atomic E-state index is 9.94. The van der Waals surface area contributed by atoms with Crippen LogP contribution in [0.15, 0.2) is 18.2 Å². The van der Waals surface area contributed by atoms with Crippen molar-refractivity contribution in [3.05, 3.63) is 29.3 Å². The third-order valence-corrected chi connectivity index (χ3v) is 3.45. The van der Waals surface area contributed by atoms with Crippen molar-refractivity contribution < 1.29 is 10.2 Å². The molecule has 1 aromatic carbocycles. The van der Waals surface area contributed by atoms with Gasteiger partial charge in [-0.1, -0.05) is 26.8 Å². The van der Waals surface area contributed by atoms with Crippen LogP contribution < -0.4 is 5.32 Å². The first-order valence-electron chi connectivity index (χ1n) is 6.08. The Morgan fingerprint density at radius 1 is 1.35 bits per heavy atom. The number of hydrogen-bond acceptors (Lipinski definition) is 3. The molecular weight excluding hydrogens is 214 g/mol. The number of aromatic hydroxyl groups is 1. The van der Waals surface area contributed by atoms with E-state index >= 15 is 0 Å². The summed E-state index contributed by atoms with van der Waals surface area (Å²) in [5, 5.41) is 22.6. The van der Waals surface area contributed by atoms with Gasteiger partial charge in [0.25, 0.3) is 0 Å². The fourth-order valence-electron chi connectivity index (χ4n) is 1.75. The quantitative estimate of drug-likeness (QED) is 0.736. The topological polar surface area (TPSA) is 52.5 Å². The number of likely N-dealkylation sites (N-methyl/N-ethyl adjacent to an activating group) is 1. The number of rotatable bonds is 5. The molecule has 0 fully saturated rings. The van der Waals surface area contributed by atoms with Gasteiger partial charge >= 0.3 is 0 Å². The van der Waals surface area contributed by atoms with Crippen LogP contribution in [0, 0.1) is 0 Å². The van der Waals surface area contributed by atoms with Gasteiger partial charge in [-0.15, -0.1) is 0 Å². The van der Waals surface area contributed by atoms with Crippen molar-refractivity contribution >= 4 is 0 Å². The molecule has 3 N–H and O–H groups in total. The third kappa shape index (κ3) is 3.20. The maximum Gasteiger partial charge on any atom is 0.121 e. The van der Waals surface area contributed by atoms with Crippen molar-refractivity contribution in [1.82, 2.24) is 5.32 Å². The summed E-state index contributed by atoms with van der Waals surface area (Å²) in [4.78, 5) is 0. The summed E-state index contributed by atoms with van der Waals surface area (Å²) in [5.74, 6) is 0.156. The lowest BCUT2D eigenvalue weighted by atomic mass is 9.81. The predicted octanol–water partition coefficient (Wildman–Crippen LogP) is 2.33. The van der Waals surface area contributed by atoms with E-state index in [2.05, 4.69) is 26.1 Å². The Kier molecular flexibility index (Phi) is 4.54. The van der Waals surface area contributed by atoms with Crippen molar-refractivity contribution in [1.29, 1.82) is 0 Å². The normalized spacial score (nSPS) is 13.7. The van der Waals surface area contributed by atoms with Gasteiger partial charge in [0.1, 0.15) is 5.75 Å². The van der Waals surface area contributed by atoms with Crippen LogP contribution in [0.5, 0.6) is 5.75 Å². The van der Waals surface area contributed by atoms with E-state index in [-0.39, 0.29) is 11.2 Å². The molecule has 0 aliphatic rings. The van der Waals surface area contributed by atoms with Crippen molar-refractivity contribution in [2.24, 2.45) is 0 Å². The van der Waals surface area contributed by atoms with Gasteiger partial charge in [-0.05, 0) is 36.6 Å². The van der Waals surface area contributed by atoms with Gasteiger partial charge in [0, 0.05) is 12.1 Å². The Morgan fingerprint density at radius 2 is 2.00 bits per heavy atom. The average molecular weight is 237 g/mol. The first-order valence-corrected chi connectivity index (χ1v) is 6.08. The number of benzene rings is 1. The minimum Gasteiger partial charge on any atom is -0.508 e. The molecule has 1 unspecified atom stereocenters. The first kappa shape index (κ1) is 14.0. The summed E-state index contributed by atoms with van der Waals surface area (Å²) in [5.41, 5.74) is 1.79. The zero-order chi connectivity index (χ0) is 13.1. The maximum atomic E-state index is 9.94. The van der Waals surface area contributed by atoms with Crippen LogP contribution in [0.2, 0.25) is 0 Å². The number of aliphatic hydroxyl groups excluding tert-OH is 1. The lowest BCUT2D eigenvalue weighted by Crippen LogP contribution is -2.19. The van der Waals surface area contributed by atoms with Crippen LogP contribution >= 0.6 is 0 Å². The van der Waals surface area contributed by atoms with E-state index in [9.17, 15) is 10.2 Å². The summed E-state index contributed by atoms with van der Waals surface area (Å²) in [6.07, 6.45) is 0.340. The van der Waals surface area contributed by atoms with E-state index in [4.69, 9.17) is 0 Å². The minimum absolute atomic E-state index is 0.0574. The summed E-state index contributed by atoms with van der Waals surface area (Å²) < 4.78 is 0. The smallest absolute Gasteiger partial charge is 0.121 e. The molecule has 0 amide bonds. The molecule has 0 radical (unpaired) electrons. The summed E-state index contributed by atoms with van der Waals surface area (Å²) >= 11 is 0. The van der Waals surface area contributed by atoms with Crippen LogP contribution in [-0.2, 0) is 5.41 Å². The Bertz CT molecular complexity index is 374. The van der Waals surface area contributed by atoms with Crippen molar-refractivity contribution in [3.63, 3.8) is 0 Å². The molecule has 0 spiro atoms. The van der Waals surface area contributed by atoms with Crippen LogP contribution in [0.25, 0.3) is 0 Å². The Labute approximate surface area is 103 Å². The van der Waals surface area contributed by atoms with Gasteiger partial charge in [-0.3, -0.25) is 0 Å². The molecule has 1 atom stereocenters. The molecule has 0 heterocycles. The van der Waals surface area contributed by atoms with E-state index in [1.807, 2.05) is 12.1 Å². The van der Waals surface area contributed by atoms with Gasteiger partial charge in [0.05, 0.1) is 6.10 Å². The van der Waals surface area contributed by atoms with E-state index in [1.54, 1.807) is 13.1 Å². The van der Waals surface area contributed by atoms with Crippen molar-refractivity contribution in [3.8, 4) is 5.75 Å². The number of hydrogen-bond donors (Lipinski definition) is 3. The summed E-state index contributed by atoms with van der Waals surface area (Å²) in [7, 11) is 1.78. The zero-order valence-electron chi connectivity index (χ0n) is 11.1. The highest BCUT2D eigenvalue weighted by molar-refractivity contribution is 5.40. The predicted molar refractivity (Wildman–Crippen MR) is 70.3 cm³/mol. The Balaban J connectivity index is 3.10. The van der Waals surface area contributed by atoms with Gasteiger partial charge in [-0.2, -0.15) is 0 Å². The van der Waals surface area contributed by atoms with Crippen LogP contribution in [0.4, 0.5) is 0 Å². The van der Waals surface area contributed by atoms with E-state index in [0.29, 0.717) is 12.1 Å². The number of aliphatic hydroxyl groups is 1. The standard InChI is InChI=1S/C14H23NO2/c1-5-14(2,3)10-6-7-12(16)11(8-10)13(17)9-15-4/h6-8,13,15-17H,5,9H2,1-4H3. The van der Waals surface area contributed by atoms with Crippen molar-refractivity contribution in [2.75, 3.05) is 13.6 Å². The molecule has 0 saturated carbocycles. The highest BCUT2D eigenvalue weighted by atomic mass is 16.3. The lowest BCUT2D eigenvalue weighted by molar-refractivity contribution is 0.173. The molecule has 3 nitrogen and oxygen atoms in total. The van der Waals surface area contributed by atoms with Crippen LogP contribution in [0.1, 0.15) is 44.4 Å². The lowest BCUT2D eigenvalue weighted by Gasteiger charge is -2.25. The fraction of sp³-hybridized carbons (Fsp3) is 0.571. The van der Waals surface area contributed by atoms with Crippen LogP contribution in [0.3, 0.4) is 0 Å². The van der Waals surface area contributed by atoms with Crippen molar-refractivity contribution in [2.45, 2.75) is 38.7 Å². The molecule has 0 aliphatic carbocycles. The number of nitrogens with one attached hydrogen (secondary N) is 1. The molecular formula is C14H23NO2. The Morgan fingerprint density at radius 3 is 2.53 bits per heavy atom. The van der Waals surface area contributed by atoms with E-state index in [0.717, 1.165) is 12.0 Å². The largest absolute Gasteiger partial charge is 0.508 e. The fourth-order valence-corrected chi connectivity index (χ4v) is 1.75. The number of phenols is 1. The second-order valence-corrected chi connectivity index (χ2v) is 5.08. The van der Waals surface area contributed by atoms with Crippen LogP contribution in [-0.4, -0.2) is 23.8 Å². The third-order valence-electron chi connectivity index (χ3n) is 3.45. The van der Waals surface area contributed by atoms with Gasteiger partial charge in [-0.25, -0.2) is 0 Å². The van der Waals surface area contributed by atoms with Gasteiger partial charge < -0.3 is 15.5 Å². The van der Waals surface area contributed by atoms with Gasteiger partial charge in [0.2, 0.25) is 0 Å². The average Bonchev–Trinajstić information content (AvgIpc) is 2.29. The molecule has 96 valence electrons. The number of phenolic OH excluding ortho intramolecular Hbond substituents is 1. The SMILES string of the molecule is CCC(C)(C)c1ccc(O)c(C(O)CNC)c1. The van der Waals surface area contributed by atoms with E-state index in [1.165, 1.54) is 0 Å². The van der Waals surface area contributed by atoms with Gasteiger partial charge in [0.15, 0.2) is 0 Å². The highest BCUT2D eigenvalue weighted by Crippen LogP contribution is 2.32. The molecule has 0 aromatic heterocycles. The molecule has 0 aliphatic heterocycles. The van der Waals surface area contributed by atoms with E-state index < -0.39 is 6.10 Å². The minimum atomic E-state index is -0.674. The first-order chi connectivity index (χ1) is 7.92. The molecule has 1 rings (SSSR count). The summed E-state index contributed by atoms with van der Waals surface area (Å²) in [6.45, 7) is 6.89. The second kappa shape index (κ2) is 5.52. The molecule has 0 bridgehead atoms. The Hall–Kier alpha value is -1.06. The highest BCUT2D eigenvalue weighted by Gasteiger charge is 2.21. The zero-order valence-corrected chi connectivity index (χ0v) is 11.1. The molecule has 17 heavy (non-hydrogen) atoms. The molecule has 0 saturated heterocycles. The monoisotopic (exact) mass is 237 g/mol. The molecule has 1 aromatic rings. The second-order valence-electron chi connectivity index (χ2n) is 5.08. The molecule has 3 heteroatoms. The summed E-state index contributed by atoms with van der Waals surface area (Å²) in [6, 6.07) is 5.50.